The van der Waals surface area contributed by atoms with Crippen molar-refractivity contribution in [2.24, 2.45) is 0 Å². The zero-order valence-electron chi connectivity index (χ0n) is 14.1. The number of thiophene rings is 1. The second-order valence-electron chi connectivity index (χ2n) is 5.56. The van der Waals surface area contributed by atoms with Crippen LogP contribution in [-0.4, -0.2) is 17.1 Å². The van der Waals surface area contributed by atoms with Crippen molar-refractivity contribution in [1.82, 2.24) is 4.90 Å². The molecule has 25 heavy (non-hydrogen) atoms. The van der Waals surface area contributed by atoms with Crippen molar-refractivity contribution < 1.29 is 9.15 Å². The molecule has 1 N–H and O–H groups in total. The van der Waals surface area contributed by atoms with Crippen molar-refractivity contribution in [3.05, 3.63) is 70.8 Å². The van der Waals surface area contributed by atoms with Gasteiger partial charge < -0.3 is 19.4 Å². The molecule has 0 aliphatic carbocycles. The summed E-state index contributed by atoms with van der Waals surface area (Å²) in [5.41, 5.74) is 0.896. The van der Waals surface area contributed by atoms with Crippen molar-refractivity contribution in [3.63, 3.8) is 0 Å². The molecule has 0 saturated carbocycles. The molecular formula is C19H20N2O2S2. The van der Waals surface area contributed by atoms with Crippen LogP contribution in [0.2, 0.25) is 0 Å². The molecule has 1 aromatic carbocycles. The highest BCUT2D eigenvalue weighted by molar-refractivity contribution is 7.80. The van der Waals surface area contributed by atoms with Gasteiger partial charge in [0.05, 0.1) is 26.0 Å². The minimum atomic E-state index is 0.135. The molecule has 3 aromatic rings. The minimum absolute atomic E-state index is 0.135. The number of rotatable bonds is 6. The van der Waals surface area contributed by atoms with E-state index in [4.69, 9.17) is 21.4 Å². The van der Waals surface area contributed by atoms with E-state index in [-0.39, 0.29) is 6.04 Å². The van der Waals surface area contributed by atoms with E-state index in [0.717, 1.165) is 17.2 Å². The first kappa shape index (κ1) is 17.5. The molecule has 4 nitrogen and oxygen atoms in total. The van der Waals surface area contributed by atoms with Gasteiger partial charge in [0.2, 0.25) is 0 Å². The Morgan fingerprint density at radius 1 is 1.28 bits per heavy atom. The predicted molar refractivity (Wildman–Crippen MR) is 106 cm³/mol. The fourth-order valence-corrected chi connectivity index (χ4v) is 3.67. The number of benzene rings is 1. The quantitative estimate of drug-likeness (QED) is 0.594. The summed E-state index contributed by atoms with van der Waals surface area (Å²) in [5.74, 6) is 1.66. The fourth-order valence-electron chi connectivity index (χ4n) is 2.53. The highest BCUT2D eigenvalue weighted by Crippen LogP contribution is 2.27. The summed E-state index contributed by atoms with van der Waals surface area (Å²) >= 11 is 7.42. The Bertz CT molecular complexity index is 801. The third kappa shape index (κ3) is 4.41. The summed E-state index contributed by atoms with van der Waals surface area (Å²) in [5, 5.41) is 6.04. The molecule has 3 rings (SSSR count). The van der Waals surface area contributed by atoms with Crippen LogP contribution in [0.3, 0.4) is 0 Å². The number of thiocarbonyl (C=S) groups is 1. The molecule has 0 aliphatic rings. The van der Waals surface area contributed by atoms with Crippen LogP contribution >= 0.6 is 23.6 Å². The Kier molecular flexibility index (Phi) is 5.73. The van der Waals surface area contributed by atoms with Gasteiger partial charge in [0.15, 0.2) is 5.11 Å². The zero-order chi connectivity index (χ0) is 17.6. The Balaban J connectivity index is 1.80. The van der Waals surface area contributed by atoms with Crippen LogP contribution in [0.1, 0.15) is 23.6 Å². The first-order chi connectivity index (χ1) is 12.2. The van der Waals surface area contributed by atoms with Gasteiger partial charge in [-0.15, -0.1) is 11.3 Å². The number of ether oxygens (including phenoxy) is 1. The second kappa shape index (κ2) is 8.18. The molecule has 6 heteroatoms. The maximum absolute atomic E-state index is 5.70. The average molecular weight is 373 g/mol. The second-order valence-corrected chi connectivity index (χ2v) is 6.93. The number of hydrogen-bond donors (Lipinski definition) is 1. The van der Waals surface area contributed by atoms with Gasteiger partial charge in [0.1, 0.15) is 11.5 Å². The average Bonchev–Trinajstić information content (AvgIpc) is 3.33. The minimum Gasteiger partial charge on any atom is -0.497 e. The zero-order valence-corrected chi connectivity index (χ0v) is 15.8. The largest absolute Gasteiger partial charge is 0.497 e. The maximum Gasteiger partial charge on any atom is 0.174 e. The van der Waals surface area contributed by atoms with Crippen molar-refractivity contribution in [2.45, 2.75) is 19.5 Å². The maximum atomic E-state index is 5.70. The van der Waals surface area contributed by atoms with E-state index < -0.39 is 0 Å². The van der Waals surface area contributed by atoms with Gasteiger partial charge in [-0.05, 0) is 54.9 Å². The van der Waals surface area contributed by atoms with Crippen LogP contribution in [0.25, 0.3) is 0 Å². The smallest absolute Gasteiger partial charge is 0.174 e. The van der Waals surface area contributed by atoms with Crippen LogP contribution in [0, 0.1) is 0 Å². The molecule has 0 amide bonds. The molecule has 0 fully saturated rings. The summed E-state index contributed by atoms with van der Waals surface area (Å²) in [4.78, 5) is 3.38. The summed E-state index contributed by atoms with van der Waals surface area (Å²) < 4.78 is 10.8. The number of hydrogen-bond acceptors (Lipinski definition) is 4. The topological polar surface area (TPSA) is 37.6 Å². The lowest BCUT2D eigenvalue weighted by molar-refractivity contribution is 0.306. The molecule has 2 aromatic heterocycles. The summed E-state index contributed by atoms with van der Waals surface area (Å²) in [6, 6.07) is 15.9. The summed E-state index contributed by atoms with van der Waals surface area (Å²) in [6.45, 7) is 2.75. The summed E-state index contributed by atoms with van der Waals surface area (Å²) in [7, 11) is 1.65. The molecule has 1 atom stereocenters. The molecular weight excluding hydrogens is 352 g/mol. The molecule has 0 bridgehead atoms. The highest BCUT2D eigenvalue weighted by Gasteiger charge is 2.21. The van der Waals surface area contributed by atoms with E-state index in [1.165, 1.54) is 4.88 Å². The Morgan fingerprint density at radius 3 is 2.84 bits per heavy atom. The molecule has 2 heterocycles. The first-order valence-corrected chi connectivity index (χ1v) is 9.23. The van der Waals surface area contributed by atoms with Gasteiger partial charge in [-0.1, -0.05) is 12.1 Å². The van der Waals surface area contributed by atoms with Crippen molar-refractivity contribution >= 4 is 34.4 Å². The van der Waals surface area contributed by atoms with E-state index in [9.17, 15) is 0 Å². The number of nitrogens with one attached hydrogen (secondary N) is 1. The SMILES string of the molecule is COc1cccc(NC(=S)N(Cc2ccco2)C(C)c2cccs2)c1. The Labute approximate surface area is 157 Å². The number of anilines is 1. The molecule has 0 radical (unpaired) electrons. The van der Waals surface area contributed by atoms with E-state index >= 15 is 0 Å². The van der Waals surface area contributed by atoms with Gasteiger partial charge >= 0.3 is 0 Å². The Hall–Kier alpha value is -2.31. The highest BCUT2D eigenvalue weighted by atomic mass is 32.1. The fraction of sp³-hybridized carbons (Fsp3) is 0.211. The lowest BCUT2D eigenvalue weighted by atomic mass is 10.2. The van der Waals surface area contributed by atoms with E-state index in [1.54, 1.807) is 24.7 Å². The van der Waals surface area contributed by atoms with E-state index in [2.05, 4.69) is 34.7 Å². The van der Waals surface area contributed by atoms with Crippen LogP contribution < -0.4 is 10.1 Å². The van der Waals surface area contributed by atoms with Crippen molar-refractivity contribution in [1.29, 1.82) is 0 Å². The van der Waals surface area contributed by atoms with Gasteiger partial charge in [-0.2, -0.15) is 0 Å². The predicted octanol–water partition coefficient (Wildman–Crippen LogP) is 5.31. The van der Waals surface area contributed by atoms with Gasteiger partial charge in [-0.3, -0.25) is 0 Å². The molecule has 1 unspecified atom stereocenters. The van der Waals surface area contributed by atoms with Crippen molar-refractivity contribution in [3.8, 4) is 5.75 Å². The molecule has 0 saturated heterocycles. The van der Waals surface area contributed by atoms with Crippen LogP contribution in [0.15, 0.2) is 64.6 Å². The van der Waals surface area contributed by atoms with Crippen LogP contribution in [0.5, 0.6) is 5.75 Å². The first-order valence-electron chi connectivity index (χ1n) is 7.95. The normalized spacial score (nSPS) is 11.8. The van der Waals surface area contributed by atoms with E-state index in [1.807, 2.05) is 36.4 Å². The monoisotopic (exact) mass is 372 g/mol. The van der Waals surface area contributed by atoms with Gasteiger partial charge in [0.25, 0.3) is 0 Å². The lowest BCUT2D eigenvalue weighted by Crippen LogP contribution is -2.36. The Morgan fingerprint density at radius 2 is 2.16 bits per heavy atom. The number of furan rings is 1. The van der Waals surface area contributed by atoms with Crippen molar-refractivity contribution in [2.75, 3.05) is 12.4 Å². The molecule has 0 spiro atoms. The number of nitrogens with zero attached hydrogens (tertiary/aromatic N) is 1. The number of methoxy groups -OCH3 is 1. The van der Waals surface area contributed by atoms with E-state index in [0.29, 0.717) is 11.7 Å². The molecule has 0 aliphatic heterocycles. The summed E-state index contributed by atoms with van der Waals surface area (Å²) in [6.07, 6.45) is 1.68. The van der Waals surface area contributed by atoms with Crippen LogP contribution in [-0.2, 0) is 6.54 Å². The lowest BCUT2D eigenvalue weighted by Gasteiger charge is -2.30. The van der Waals surface area contributed by atoms with Crippen LogP contribution in [0.4, 0.5) is 5.69 Å². The third-order valence-corrected chi connectivity index (χ3v) is 5.29. The van der Waals surface area contributed by atoms with Gasteiger partial charge in [-0.25, -0.2) is 0 Å². The standard InChI is InChI=1S/C19H20N2O2S2/c1-14(18-9-5-11-25-18)21(13-17-8-4-10-23-17)19(24)20-15-6-3-7-16(12-15)22-2/h3-12,14H,13H2,1-2H3,(H,20,24). The third-order valence-electron chi connectivity index (χ3n) is 3.91. The van der Waals surface area contributed by atoms with Gasteiger partial charge in [0, 0.05) is 16.6 Å². The molecule has 130 valence electrons.